The zero-order chi connectivity index (χ0) is 21.6. The van der Waals surface area contributed by atoms with E-state index in [0.29, 0.717) is 17.3 Å². The van der Waals surface area contributed by atoms with E-state index in [1.807, 2.05) is 83.6 Å². The summed E-state index contributed by atoms with van der Waals surface area (Å²) in [5.74, 6) is 1.82. The van der Waals surface area contributed by atoms with Crippen molar-refractivity contribution in [3.8, 4) is 11.5 Å². The molecule has 0 saturated carbocycles. The number of carbonyl (C=O) groups excluding carboxylic acids is 1. The normalized spacial score (nSPS) is 10.8. The highest BCUT2D eigenvalue weighted by atomic mass is 32.2. The monoisotopic (exact) mass is 433 g/mol. The first-order valence-electron chi connectivity index (χ1n) is 9.82. The number of nitrogens with one attached hydrogen (secondary N) is 1. The molecule has 3 aromatic carbocycles. The van der Waals surface area contributed by atoms with Gasteiger partial charge in [-0.25, -0.2) is 4.98 Å². The number of thioether (sulfide) groups is 1. The fourth-order valence-corrected chi connectivity index (χ4v) is 3.80. The van der Waals surface area contributed by atoms with Crippen molar-refractivity contribution in [1.29, 1.82) is 0 Å². The maximum atomic E-state index is 12.8. The van der Waals surface area contributed by atoms with Crippen LogP contribution in [0.2, 0.25) is 0 Å². The number of amides is 1. The zero-order valence-corrected chi connectivity index (χ0v) is 18.2. The molecule has 0 atom stereocenters. The predicted octanol–water partition coefficient (Wildman–Crippen LogP) is 4.98. The summed E-state index contributed by atoms with van der Waals surface area (Å²) in [4.78, 5) is 18.6. The van der Waals surface area contributed by atoms with Crippen LogP contribution in [0, 0.1) is 0 Å². The fourth-order valence-electron chi connectivity index (χ4n) is 3.34. The van der Waals surface area contributed by atoms with Crippen LogP contribution in [0.1, 0.15) is 5.82 Å². The molecule has 1 N–H and O–H groups in total. The van der Waals surface area contributed by atoms with Gasteiger partial charge in [-0.2, -0.15) is 0 Å². The first-order chi connectivity index (χ1) is 15.2. The molecule has 31 heavy (non-hydrogen) atoms. The lowest BCUT2D eigenvalue weighted by Crippen LogP contribution is -2.20. The quantitative estimate of drug-likeness (QED) is 0.397. The van der Waals surface area contributed by atoms with Crippen LogP contribution in [-0.4, -0.2) is 28.8 Å². The van der Waals surface area contributed by atoms with Gasteiger partial charge < -0.3 is 19.4 Å². The Morgan fingerprint density at radius 1 is 1.03 bits per heavy atom. The maximum absolute atomic E-state index is 12.8. The molecule has 158 valence electrons. The summed E-state index contributed by atoms with van der Waals surface area (Å²) in [5.41, 5.74) is 2.47. The SMILES string of the molecule is COc1ccccc1OCc1nc2ccccc2n1CC(=O)Nc1cccc(SC)c1. The molecule has 1 aromatic heterocycles. The highest BCUT2D eigenvalue weighted by Crippen LogP contribution is 2.27. The molecule has 6 nitrogen and oxygen atoms in total. The van der Waals surface area contributed by atoms with Crippen LogP contribution >= 0.6 is 11.8 Å². The highest BCUT2D eigenvalue weighted by Gasteiger charge is 2.15. The van der Waals surface area contributed by atoms with E-state index in [9.17, 15) is 4.79 Å². The van der Waals surface area contributed by atoms with Crippen molar-refractivity contribution in [2.75, 3.05) is 18.7 Å². The molecule has 4 aromatic rings. The molecular weight excluding hydrogens is 410 g/mol. The Bertz CT molecular complexity index is 1210. The summed E-state index contributed by atoms with van der Waals surface area (Å²) >= 11 is 1.63. The summed E-state index contributed by atoms with van der Waals surface area (Å²) in [6.45, 7) is 0.346. The number of fused-ring (bicyclic) bond motifs is 1. The van der Waals surface area contributed by atoms with Gasteiger partial charge in [0.25, 0.3) is 0 Å². The van der Waals surface area contributed by atoms with Crippen molar-refractivity contribution in [1.82, 2.24) is 9.55 Å². The number of para-hydroxylation sites is 4. The van der Waals surface area contributed by atoms with Gasteiger partial charge in [-0.3, -0.25) is 4.79 Å². The van der Waals surface area contributed by atoms with Crippen molar-refractivity contribution >= 4 is 34.4 Å². The Kier molecular flexibility index (Phi) is 6.43. The first-order valence-corrected chi connectivity index (χ1v) is 11.0. The van der Waals surface area contributed by atoms with Gasteiger partial charge in [0, 0.05) is 10.6 Å². The number of anilines is 1. The smallest absolute Gasteiger partial charge is 0.244 e. The lowest BCUT2D eigenvalue weighted by molar-refractivity contribution is -0.116. The van der Waals surface area contributed by atoms with Gasteiger partial charge in [-0.1, -0.05) is 30.3 Å². The fraction of sp³-hybridized carbons (Fsp3) is 0.167. The van der Waals surface area contributed by atoms with Crippen molar-refractivity contribution in [3.05, 3.63) is 78.6 Å². The summed E-state index contributed by atoms with van der Waals surface area (Å²) < 4.78 is 13.2. The Morgan fingerprint density at radius 2 is 1.81 bits per heavy atom. The molecule has 4 rings (SSSR count). The van der Waals surface area contributed by atoms with Crippen molar-refractivity contribution < 1.29 is 14.3 Å². The largest absolute Gasteiger partial charge is 0.493 e. The van der Waals surface area contributed by atoms with Crippen LogP contribution in [-0.2, 0) is 17.9 Å². The summed E-state index contributed by atoms with van der Waals surface area (Å²) in [5, 5.41) is 2.98. The van der Waals surface area contributed by atoms with E-state index >= 15 is 0 Å². The molecule has 0 aliphatic carbocycles. The third-order valence-corrected chi connectivity index (χ3v) is 5.54. The number of nitrogens with zero attached hydrogens (tertiary/aromatic N) is 2. The molecule has 1 amide bonds. The standard InChI is InChI=1S/C24H23N3O3S/c1-29-21-12-5-6-13-22(21)30-16-23-26-19-10-3-4-11-20(19)27(23)15-24(28)25-17-8-7-9-18(14-17)31-2/h3-14H,15-16H2,1-2H3,(H,25,28). The van der Waals surface area contributed by atoms with E-state index in [2.05, 4.69) is 10.3 Å². The number of aromatic nitrogens is 2. The minimum atomic E-state index is -0.125. The number of carbonyl (C=O) groups is 1. The van der Waals surface area contributed by atoms with Crippen LogP contribution in [0.4, 0.5) is 5.69 Å². The van der Waals surface area contributed by atoms with Crippen LogP contribution in [0.15, 0.2) is 77.7 Å². The Morgan fingerprint density at radius 3 is 2.61 bits per heavy atom. The number of ether oxygens (including phenoxy) is 2. The second kappa shape index (κ2) is 9.57. The molecule has 7 heteroatoms. The molecule has 0 radical (unpaired) electrons. The first kappa shape index (κ1) is 20.8. The Hall–Kier alpha value is -3.45. The minimum absolute atomic E-state index is 0.125. The van der Waals surface area contributed by atoms with Crippen LogP contribution in [0.25, 0.3) is 11.0 Å². The number of rotatable bonds is 8. The topological polar surface area (TPSA) is 65.4 Å². The predicted molar refractivity (Wildman–Crippen MR) is 124 cm³/mol. The number of benzene rings is 3. The average molecular weight is 434 g/mol. The van der Waals surface area contributed by atoms with Crippen molar-refractivity contribution in [2.45, 2.75) is 18.0 Å². The van der Waals surface area contributed by atoms with Gasteiger partial charge >= 0.3 is 0 Å². The zero-order valence-electron chi connectivity index (χ0n) is 17.4. The minimum Gasteiger partial charge on any atom is -0.493 e. The van der Waals surface area contributed by atoms with Gasteiger partial charge in [0.1, 0.15) is 19.0 Å². The van der Waals surface area contributed by atoms with Crippen LogP contribution in [0.5, 0.6) is 11.5 Å². The number of hydrogen-bond acceptors (Lipinski definition) is 5. The second-order valence-corrected chi connectivity index (χ2v) is 7.70. The van der Waals surface area contributed by atoms with E-state index in [1.165, 1.54) is 0 Å². The third kappa shape index (κ3) is 4.83. The molecule has 0 saturated heterocycles. The molecule has 0 spiro atoms. The molecule has 0 bridgehead atoms. The van der Waals surface area contributed by atoms with Gasteiger partial charge in [-0.05, 0) is 48.7 Å². The number of methoxy groups -OCH3 is 1. The Labute approximate surface area is 185 Å². The summed E-state index contributed by atoms with van der Waals surface area (Å²) in [6, 6.07) is 23.0. The van der Waals surface area contributed by atoms with E-state index in [0.717, 1.165) is 21.6 Å². The molecular formula is C24H23N3O3S. The molecule has 0 fully saturated rings. The molecule has 0 aliphatic rings. The maximum Gasteiger partial charge on any atom is 0.244 e. The lowest BCUT2D eigenvalue weighted by atomic mass is 10.3. The molecule has 0 aliphatic heterocycles. The average Bonchev–Trinajstić information content (AvgIpc) is 3.15. The van der Waals surface area contributed by atoms with Gasteiger partial charge in [0.2, 0.25) is 5.91 Å². The van der Waals surface area contributed by atoms with Crippen molar-refractivity contribution in [2.24, 2.45) is 0 Å². The highest BCUT2D eigenvalue weighted by molar-refractivity contribution is 7.98. The van der Waals surface area contributed by atoms with E-state index in [-0.39, 0.29) is 19.1 Å². The summed E-state index contributed by atoms with van der Waals surface area (Å²) in [7, 11) is 1.60. The van der Waals surface area contributed by atoms with Crippen LogP contribution in [0.3, 0.4) is 0 Å². The third-order valence-electron chi connectivity index (χ3n) is 4.81. The van der Waals surface area contributed by atoms with Gasteiger partial charge in [-0.15, -0.1) is 11.8 Å². The van der Waals surface area contributed by atoms with Crippen molar-refractivity contribution in [3.63, 3.8) is 0 Å². The Balaban J connectivity index is 1.56. The van der Waals surface area contributed by atoms with E-state index < -0.39 is 0 Å². The van der Waals surface area contributed by atoms with E-state index in [4.69, 9.17) is 9.47 Å². The second-order valence-electron chi connectivity index (χ2n) is 6.82. The lowest BCUT2D eigenvalue weighted by Gasteiger charge is -2.13. The van der Waals surface area contributed by atoms with Gasteiger partial charge in [0.05, 0.1) is 18.1 Å². The van der Waals surface area contributed by atoms with Gasteiger partial charge in [0.15, 0.2) is 11.5 Å². The number of imidazole rings is 1. The van der Waals surface area contributed by atoms with E-state index in [1.54, 1.807) is 18.9 Å². The van der Waals surface area contributed by atoms with Crippen LogP contribution < -0.4 is 14.8 Å². The number of hydrogen-bond donors (Lipinski definition) is 1. The molecule has 0 unspecified atom stereocenters. The molecule has 1 heterocycles. The summed E-state index contributed by atoms with van der Waals surface area (Å²) in [6.07, 6.45) is 2.01.